The molecule has 0 fully saturated rings. The lowest BCUT2D eigenvalue weighted by Gasteiger charge is -2.15. The van der Waals surface area contributed by atoms with Gasteiger partial charge in [0.1, 0.15) is 0 Å². The van der Waals surface area contributed by atoms with Crippen molar-refractivity contribution in [2.45, 2.75) is 13.3 Å². The summed E-state index contributed by atoms with van der Waals surface area (Å²) in [6.07, 6.45) is 1.04. The minimum Gasteiger partial charge on any atom is -0.282 e. The number of carbonyl (C=O) groups excluding carboxylic acids is 1. The third kappa shape index (κ3) is 1.16. The smallest absolute Gasteiger partial charge is 0.219 e. The standard InChI is InChI=1S/C10H10OS/c1-7-3-2-4-9-8(7)5-6-12-10(9)11/h2-4H,5-6H2,1H3. The molecular formula is C10H10OS. The van der Waals surface area contributed by atoms with Gasteiger partial charge in [-0.1, -0.05) is 30.0 Å². The summed E-state index contributed by atoms with van der Waals surface area (Å²) in [5, 5.41) is 0.236. The molecule has 1 aliphatic rings. The number of aryl methyl sites for hydroxylation is 1. The van der Waals surface area contributed by atoms with Gasteiger partial charge in [0, 0.05) is 11.3 Å². The van der Waals surface area contributed by atoms with E-state index in [0.717, 1.165) is 17.7 Å². The van der Waals surface area contributed by atoms with Gasteiger partial charge in [-0.05, 0) is 24.5 Å². The highest BCUT2D eigenvalue weighted by Gasteiger charge is 2.18. The van der Waals surface area contributed by atoms with Gasteiger partial charge in [0.25, 0.3) is 0 Å². The van der Waals surface area contributed by atoms with Crippen LogP contribution in [0.15, 0.2) is 18.2 Å². The number of hydrogen-bond acceptors (Lipinski definition) is 2. The van der Waals surface area contributed by atoms with Crippen molar-refractivity contribution in [2.75, 3.05) is 5.75 Å². The molecule has 0 radical (unpaired) electrons. The van der Waals surface area contributed by atoms with Gasteiger partial charge >= 0.3 is 0 Å². The molecule has 1 aromatic rings. The molecule has 2 rings (SSSR count). The number of rotatable bonds is 0. The molecule has 0 amide bonds. The van der Waals surface area contributed by atoms with E-state index in [1.807, 2.05) is 12.1 Å². The molecular weight excluding hydrogens is 168 g/mol. The van der Waals surface area contributed by atoms with E-state index in [2.05, 4.69) is 13.0 Å². The average Bonchev–Trinajstić information content (AvgIpc) is 2.07. The Hall–Kier alpha value is -0.760. The van der Waals surface area contributed by atoms with Crippen molar-refractivity contribution < 1.29 is 4.79 Å². The highest BCUT2D eigenvalue weighted by Crippen LogP contribution is 2.26. The van der Waals surface area contributed by atoms with Crippen LogP contribution in [-0.2, 0) is 6.42 Å². The molecule has 1 aromatic carbocycles. The molecule has 0 bridgehead atoms. The fraction of sp³-hybridized carbons (Fsp3) is 0.300. The van der Waals surface area contributed by atoms with Gasteiger partial charge in [0.15, 0.2) is 0 Å². The Kier molecular flexibility index (Phi) is 1.93. The molecule has 1 nitrogen and oxygen atoms in total. The maximum absolute atomic E-state index is 11.4. The molecule has 62 valence electrons. The van der Waals surface area contributed by atoms with Crippen LogP contribution in [0.5, 0.6) is 0 Å². The van der Waals surface area contributed by atoms with Crippen LogP contribution in [0.25, 0.3) is 0 Å². The van der Waals surface area contributed by atoms with Crippen LogP contribution in [0.3, 0.4) is 0 Å². The van der Waals surface area contributed by atoms with E-state index in [1.165, 1.54) is 22.9 Å². The Labute approximate surface area is 76.2 Å². The van der Waals surface area contributed by atoms with E-state index in [9.17, 15) is 4.79 Å². The zero-order valence-electron chi connectivity index (χ0n) is 6.96. The monoisotopic (exact) mass is 178 g/mol. The molecule has 1 heterocycles. The van der Waals surface area contributed by atoms with Crippen molar-refractivity contribution in [1.82, 2.24) is 0 Å². The number of fused-ring (bicyclic) bond motifs is 1. The van der Waals surface area contributed by atoms with Crippen molar-refractivity contribution in [2.24, 2.45) is 0 Å². The summed E-state index contributed by atoms with van der Waals surface area (Å²) < 4.78 is 0. The minimum atomic E-state index is 0.236. The zero-order valence-corrected chi connectivity index (χ0v) is 7.78. The van der Waals surface area contributed by atoms with E-state index >= 15 is 0 Å². The molecule has 0 aromatic heterocycles. The predicted molar refractivity (Wildman–Crippen MR) is 51.7 cm³/mol. The third-order valence-electron chi connectivity index (χ3n) is 2.22. The van der Waals surface area contributed by atoms with E-state index < -0.39 is 0 Å². The highest BCUT2D eigenvalue weighted by molar-refractivity contribution is 8.14. The Balaban J connectivity index is 2.59. The van der Waals surface area contributed by atoms with Gasteiger partial charge in [-0.25, -0.2) is 0 Å². The fourth-order valence-electron chi connectivity index (χ4n) is 1.55. The molecule has 0 unspecified atom stereocenters. The Morgan fingerprint density at radius 2 is 2.25 bits per heavy atom. The van der Waals surface area contributed by atoms with Crippen LogP contribution in [0, 0.1) is 6.92 Å². The topological polar surface area (TPSA) is 17.1 Å². The molecule has 0 aliphatic carbocycles. The Bertz CT molecular complexity index is 331. The van der Waals surface area contributed by atoms with Gasteiger partial charge in [0.05, 0.1) is 0 Å². The van der Waals surface area contributed by atoms with Crippen LogP contribution in [0.4, 0.5) is 0 Å². The summed E-state index contributed by atoms with van der Waals surface area (Å²) >= 11 is 1.43. The van der Waals surface area contributed by atoms with Crippen molar-refractivity contribution in [3.05, 3.63) is 34.9 Å². The van der Waals surface area contributed by atoms with Crippen molar-refractivity contribution in [3.63, 3.8) is 0 Å². The first-order valence-corrected chi connectivity index (χ1v) is 5.03. The van der Waals surface area contributed by atoms with Crippen molar-refractivity contribution in [3.8, 4) is 0 Å². The van der Waals surface area contributed by atoms with Crippen LogP contribution >= 0.6 is 11.8 Å². The van der Waals surface area contributed by atoms with Crippen LogP contribution in [-0.4, -0.2) is 10.9 Å². The van der Waals surface area contributed by atoms with Gasteiger partial charge in [-0.15, -0.1) is 0 Å². The lowest BCUT2D eigenvalue weighted by molar-refractivity contribution is 0.108. The molecule has 0 N–H and O–H groups in total. The maximum atomic E-state index is 11.4. The summed E-state index contributed by atoms with van der Waals surface area (Å²) in [7, 11) is 0. The summed E-state index contributed by atoms with van der Waals surface area (Å²) in [6.45, 7) is 2.07. The molecule has 0 saturated carbocycles. The van der Waals surface area contributed by atoms with Crippen molar-refractivity contribution in [1.29, 1.82) is 0 Å². The Morgan fingerprint density at radius 3 is 3.00 bits per heavy atom. The lowest BCUT2D eigenvalue weighted by Crippen LogP contribution is -2.10. The third-order valence-corrected chi connectivity index (χ3v) is 3.11. The lowest BCUT2D eigenvalue weighted by atomic mass is 10.0. The molecule has 2 heteroatoms. The van der Waals surface area contributed by atoms with Gasteiger partial charge in [0.2, 0.25) is 5.12 Å². The fourth-order valence-corrected chi connectivity index (χ4v) is 2.39. The first-order chi connectivity index (χ1) is 5.79. The van der Waals surface area contributed by atoms with Crippen LogP contribution < -0.4 is 0 Å². The average molecular weight is 178 g/mol. The zero-order chi connectivity index (χ0) is 8.55. The first kappa shape index (κ1) is 7.87. The number of benzene rings is 1. The summed E-state index contributed by atoms with van der Waals surface area (Å²) in [4.78, 5) is 11.4. The van der Waals surface area contributed by atoms with Gasteiger partial charge in [-0.2, -0.15) is 0 Å². The largest absolute Gasteiger partial charge is 0.282 e. The number of hydrogen-bond donors (Lipinski definition) is 0. The summed E-state index contributed by atoms with van der Waals surface area (Å²) in [5.74, 6) is 0.941. The number of carbonyl (C=O) groups is 1. The van der Waals surface area contributed by atoms with Gasteiger partial charge in [-0.3, -0.25) is 4.79 Å². The van der Waals surface area contributed by atoms with Crippen molar-refractivity contribution >= 4 is 16.9 Å². The van der Waals surface area contributed by atoms with E-state index in [-0.39, 0.29) is 5.12 Å². The first-order valence-electron chi connectivity index (χ1n) is 4.04. The second-order valence-electron chi connectivity index (χ2n) is 2.99. The second-order valence-corrected chi connectivity index (χ2v) is 4.05. The summed E-state index contributed by atoms with van der Waals surface area (Å²) in [6, 6.07) is 5.96. The van der Waals surface area contributed by atoms with Crippen LogP contribution in [0.2, 0.25) is 0 Å². The highest BCUT2D eigenvalue weighted by atomic mass is 32.2. The van der Waals surface area contributed by atoms with E-state index in [1.54, 1.807) is 0 Å². The van der Waals surface area contributed by atoms with E-state index in [4.69, 9.17) is 0 Å². The molecule has 0 spiro atoms. The normalized spacial score (nSPS) is 15.9. The molecule has 0 saturated heterocycles. The molecule has 1 aliphatic heterocycles. The quantitative estimate of drug-likeness (QED) is 0.607. The SMILES string of the molecule is Cc1cccc2c1CCSC2=O. The Morgan fingerprint density at radius 1 is 1.42 bits per heavy atom. The minimum absolute atomic E-state index is 0.236. The molecule has 12 heavy (non-hydrogen) atoms. The predicted octanol–water partition coefficient (Wildman–Crippen LogP) is 2.42. The number of thioether (sulfide) groups is 1. The second kappa shape index (κ2) is 2.94. The maximum Gasteiger partial charge on any atom is 0.219 e. The van der Waals surface area contributed by atoms with E-state index in [0.29, 0.717) is 0 Å². The molecule has 0 atom stereocenters. The van der Waals surface area contributed by atoms with Crippen LogP contribution in [0.1, 0.15) is 21.5 Å². The van der Waals surface area contributed by atoms with Gasteiger partial charge < -0.3 is 0 Å². The summed E-state index contributed by atoms with van der Waals surface area (Å²) in [5.41, 5.74) is 3.42.